The van der Waals surface area contributed by atoms with Gasteiger partial charge in [0.05, 0.1) is 37.7 Å². The molecule has 240 valence electrons. The molecule has 4 aromatic carbocycles. The Morgan fingerprint density at radius 2 is 1.46 bits per heavy atom. The first kappa shape index (κ1) is 32.0. The molecular formula is C38H39FO6S. The number of methoxy groups -OCH3 is 1. The van der Waals surface area contributed by atoms with E-state index in [1.165, 1.54) is 41.5 Å². The van der Waals surface area contributed by atoms with Crippen molar-refractivity contribution in [1.29, 1.82) is 0 Å². The van der Waals surface area contributed by atoms with Gasteiger partial charge < -0.3 is 14.2 Å². The van der Waals surface area contributed by atoms with E-state index in [2.05, 4.69) is 36.4 Å². The summed E-state index contributed by atoms with van der Waals surface area (Å²) >= 11 is 0. The minimum absolute atomic E-state index is 0.00193. The Bertz CT molecular complexity index is 1770. The summed E-state index contributed by atoms with van der Waals surface area (Å²) in [6.45, 7) is 0.902. The van der Waals surface area contributed by atoms with Crippen LogP contribution in [0.15, 0.2) is 84.9 Å². The fourth-order valence-electron chi connectivity index (χ4n) is 6.44. The van der Waals surface area contributed by atoms with Crippen LogP contribution in [0.1, 0.15) is 65.0 Å². The number of carbonyl (C=O) groups excluding carboxylic acids is 1. The van der Waals surface area contributed by atoms with Gasteiger partial charge in [0.1, 0.15) is 18.2 Å². The fourth-order valence-corrected chi connectivity index (χ4v) is 7.89. The van der Waals surface area contributed by atoms with Crippen LogP contribution < -0.4 is 4.74 Å². The SMILES string of the molecule is COC(=O)CC(c1ccc(F)cc1)c1ccc(OCc2ccc3c(c2)-c2ccc(COC4CCS(=O)(=O)CC4)cc2CCC3)cc1. The molecule has 4 aromatic rings. The summed E-state index contributed by atoms with van der Waals surface area (Å²) in [4.78, 5) is 12.1. The zero-order valence-electron chi connectivity index (χ0n) is 26.0. The summed E-state index contributed by atoms with van der Waals surface area (Å²) in [5, 5.41) is 0. The summed E-state index contributed by atoms with van der Waals surface area (Å²) in [6.07, 6.45) is 4.37. The van der Waals surface area contributed by atoms with Gasteiger partial charge in [-0.05, 0) is 107 Å². The van der Waals surface area contributed by atoms with Gasteiger partial charge in [-0.3, -0.25) is 4.79 Å². The first-order valence-corrected chi connectivity index (χ1v) is 17.7. The minimum atomic E-state index is -2.90. The zero-order chi connectivity index (χ0) is 32.1. The number of hydrogen-bond acceptors (Lipinski definition) is 6. The van der Waals surface area contributed by atoms with Crippen LogP contribution in [0.5, 0.6) is 5.75 Å². The van der Waals surface area contributed by atoms with E-state index in [1.54, 1.807) is 12.1 Å². The van der Waals surface area contributed by atoms with Crippen molar-refractivity contribution in [2.75, 3.05) is 18.6 Å². The van der Waals surface area contributed by atoms with Crippen LogP contribution in [0.25, 0.3) is 11.1 Å². The maximum Gasteiger partial charge on any atom is 0.306 e. The monoisotopic (exact) mass is 642 g/mol. The number of fused-ring (bicyclic) bond motifs is 3. The lowest BCUT2D eigenvalue weighted by Gasteiger charge is -2.22. The number of ether oxygens (including phenoxy) is 3. The second-order valence-electron chi connectivity index (χ2n) is 12.2. The quantitative estimate of drug-likeness (QED) is 0.168. The molecular weight excluding hydrogens is 603 g/mol. The first-order chi connectivity index (χ1) is 22.3. The lowest BCUT2D eigenvalue weighted by atomic mass is 9.88. The lowest BCUT2D eigenvalue weighted by molar-refractivity contribution is -0.140. The van der Waals surface area contributed by atoms with Gasteiger partial charge in [-0.25, -0.2) is 12.8 Å². The van der Waals surface area contributed by atoms with E-state index in [9.17, 15) is 17.6 Å². The molecule has 6 nitrogen and oxygen atoms in total. The number of carbonyl (C=O) groups is 1. The number of esters is 1. The number of sulfone groups is 1. The van der Waals surface area contributed by atoms with Crippen molar-refractivity contribution in [1.82, 2.24) is 0 Å². The molecule has 1 aliphatic carbocycles. The highest BCUT2D eigenvalue weighted by atomic mass is 32.2. The molecule has 0 radical (unpaired) electrons. The summed E-state index contributed by atoms with van der Waals surface area (Å²) in [5.41, 5.74) is 9.06. The van der Waals surface area contributed by atoms with E-state index in [0.717, 1.165) is 47.3 Å². The van der Waals surface area contributed by atoms with E-state index >= 15 is 0 Å². The Balaban J connectivity index is 1.12. The van der Waals surface area contributed by atoms with E-state index in [1.807, 2.05) is 24.3 Å². The van der Waals surface area contributed by atoms with Gasteiger partial charge in [0, 0.05) is 5.92 Å². The van der Waals surface area contributed by atoms with E-state index in [0.29, 0.717) is 26.1 Å². The average molecular weight is 643 g/mol. The largest absolute Gasteiger partial charge is 0.489 e. The zero-order valence-corrected chi connectivity index (χ0v) is 26.9. The normalized spacial score (nSPS) is 16.5. The molecule has 46 heavy (non-hydrogen) atoms. The average Bonchev–Trinajstić information content (AvgIpc) is 3.25. The van der Waals surface area contributed by atoms with Gasteiger partial charge in [-0.15, -0.1) is 0 Å². The third-order valence-electron chi connectivity index (χ3n) is 9.07. The van der Waals surface area contributed by atoms with Gasteiger partial charge in [-0.2, -0.15) is 0 Å². The van der Waals surface area contributed by atoms with Crippen LogP contribution in [0.2, 0.25) is 0 Å². The topological polar surface area (TPSA) is 78.9 Å². The number of halogens is 1. The fraction of sp³-hybridized carbons (Fsp3) is 0.342. The van der Waals surface area contributed by atoms with Crippen molar-refractivity contribution < 1.29 is 31.8 Å². The van der Waals surface area contributed by atoms with Gasteiger partial charge in [0.15, 0.2) is 9.84 Å². The standard InChI is InChI=1S/C38H39FO6S/c1-43-38(40)23-36(29-8-12-32(39)13-9-29)30-10-14-33(15-11-30)44-25-27-5-7-28-3-2-4-31-21-26(6-16-35(31)37(28)22-27)24-45-34-17-19-46(41,42)20-18-34/h5-16,21-22,34,36H,2-4,17-20,23-25H2,1H3. The predicted octanol–water partition coefficient (Wildman–Crippen LogP) is 7.35. The van der Waals surface area contributed by atoms with Crippen LogP contribution in [-0.4, -0.2) is 39.1 Å². The van der Waals surface area contributed by atoms with Crippen molar-refractivity contribution in [2.24, 2.45) is 0 Å². The second kappa shape index (κ2) is 14.2. The Morgan fingerprint density at radius 1 is 0.804 bits per heavy atom. The third kappa shape index (κ3) is 7.85. The molecule has 8 heteroatoms. The molecule has 0 saturated carbocycles. The summed E-state index contributed by atoms with van der Waals surface area (Å²) in [7, 11) is -1.53. The maximum atomic E-state index is 13.5. The summed E-state index contributed by atoms with van der Waals surface area (Å²) in [5.74, 6) is 0.233. The highest BCUT2D eigenvalue weighted by Crippen LogP contribution is 2.35. The molecule has 1 heterocycles. The van der Waals surface area contributed by atoms with Gasteiger partial charge in [0.25, 0.3) is 0 Å². The smallest absolute Gasteiger partial charge is 0.306 e. The number of hydrogen-bond donors (Lipinski definition) is 0. The van der Waals surface area contributed by atoms with Crippen molar-refractivity contribution in [2.45, 2.75) is 63.8 Å². The molecule has 0 aromatic heterocycles. The number of aryl methyl sites for hydroxylation is 2. The number of benzene rings is 4. The van der Waals surface area contributed by atoms with Crippen molar-refractivity contribution in [3.63, 3.8) is 0 Å². The molecule has 1 saturated heterocycles. The lowest BCUT2D eigenvalue weighted by Crippen LogP contribution is -2.28. The van der Waals surface area contributed by atoms with E-state index in [4.69, 9.17) is 14.2 Å². The van der Waals surface area contributed by atoms with Crippen LogP contribution in [-0.2, 0) is 50.2 Å². The van der Waals surface area contributed by atoms with Crippen LogP contribution in [0.4, 0.5) is 4.39 Å². The first-order valence-electron chi connectivity index (χ1n) is 15.9. The van der Waals surface area contributed by atoms with Gasteiger partial charge in [0.2, 0.25) is 0 Å². The van der Waals surface area contributed by atoms with Gasteiger partial charge >= 0.3 is 5.97 Å². The highest BCUT2D eigenvalue weighted by Gasteiger charge is 2.24. The van der Waals surface area contributed by atoms with E-state index < -0.39 is 9.84 Å². The number of rotatable bonds is 10. The molecule has 6 rings (SSSR count). The molecule has 2 aliphatic rings. The Labute approximate surface area is 270 Å². The minimum Gasteiger partial charge on any atom is -0.489 e. The molecule has 0 N–H and O–H groups in total. The predicted molar refractivity (Wildman–Crippen MR) is 176 cm³/mol. The highest BCUT2D eigenvalue weighted by molar-refractivity contribution is 7.91. The van der Waals surface area contributed by atoms with Crippen molar-refractivity contribution in [3.8, 4) is 16.9 Å². The van der Waals surface area contributed by atoms with E-state index in [-0.39, 0.29) is 41.7 Å². The Morgan fingerprint density at radius 3 is 2.17 bits per heavy atom. The molecule has 1 atom stereocenters. The van der Waals surface area contributed by atoms with Crippen molar-refractivity contribution >= 4 is 15.8 Å². The van der Waals surface area contributed by atoms with Crippen LogP contribution in [0, 0.1) is 5.82 Å². The van der Waals surface area contributed by atoms with Crippen LogP contribution in [0.3, 0.4) is 0 Å². The molecule has 1 unspecified atom stereocenters. The molecule has 0 spiro atoms. The molecule has 0 bridgehead atoms. The Hall–Kier alpha value is -4.01. The Kier molecular flexibility index (Phi) is 9.85. The maximum absolute atomic E-state index is 13.5. The summed E-state index contributed by atoms with van der Waals surface area (Å²) < 4.78 is 54.2. The van der Waals surface area contributed by atoms with Crippen molar-refractivity contribution in [3.05, 3.63) is 124 Å². The van der Waals surface area contributed by atoms with Crippen LogP contribution >= 0.6 is 0 Å². The molecule has 0 amide bonds. The second-order valence-corrected chi connectivity index (χ2v) is 14.5. The third-order valence-corrected chi connectivity index (χ3v) is 10.8. The van der Waals surface area contributed by atoms with Gasteiger partial charge in [-0.1, -0.05) is 54.6 Å². The molecule has 1 fully saturated rings. The molecule has 1 aliphatic heterocycles. The summed E-state index contributed by atoms with van der Waals surface area (Å²) in [6, 6.07) is 27.0.